The van der Waals surface area contributed by atoms with Crippen LogP contribution in [0.25, 0.3) is 5.57 Å². The lowest BCUT2D eigenvalue weighted by atomic mass is 9.91. The molecule has 4 aromatic rings. The number of benzene rings is 4. The fraction of sp³-hybridized carbons (Fsp3) is 0.250. The summed E-state index contributed by atoms with van der Waals surface area (Å²) >= 11 is 0. The van der Waals surface area contributed by atoms with Crippen LogP contribution in [-0.4, -0.2) is 74.6 Å². The molecule has 2 aliphatic heterocycles. The Morgan fingerprint density at radius 2 is 1.46 bits per heavy atom. The summed E-state index contributed by atoms with van der Waals surface area (Å²) in [5, 5.41) is 21.1. The topological polar surface area (TPSA) is 170 Å². The first-order valence-corrected chi connectivity index (χ1v) is 15.7. The molecule has 4 aromatic carbocycles. The quantitative estimate of drug-likeness (QED) is 0.206. The van der Waals surface area contributed by atoms with Gasteiger partial charge in [0.25, 0.3) is 5.91 Å². The van der Waals surface area contributed by atoms with Crippen LogP contribution in [0.4, 0.5) is 14.5 Å². The number of phenolic OH excluding ortho intramolecular Hbond substituents is 2. The normalized spacial score (nSPS) is 14.7. The average Bonchev–Trinajstić information content (AvgIpc) is 3.06. The first kappa shape index (κ1) is 34.0. The molecule has 2 aliphatic rings. The van der Waals surface area contributed by atoms with E-state index in [4.69, 9.17) is 30.4 Å². The van der Waals surface area contributed by atoms with E-state index in [0.29, 0.717) is 39.9 Å². The number of aryl methyl sites for hydroxylation is 1. The number of carbonyl (C=O) groups excluding carboxylic acids is 2. The van der Waals surface area contributed by atoms with Crippen LogP contribution in [0.1, 0.15) is 16.7 Å². The highest BCUT2D eigenvalue weighted by Gasteiger charge is 2.27. The third-order valence-corrected chi connectivity index (χ3v) is 8.20. The van der Waals surface area contributed by atoms with Gasteiger partial charge in [-0.1, -0.05) is 6.07 Å². The summed E-state index contributed by atoms with van der Waals surface area (Å²) in [4.78, 5) is 25.9. The van der Waals surface area contributed by atoms with Crippen LogP contribution < -0.4 is 45.7 Å². The van der Waals surface area contributed by atoms with Crippen LogP contribution in [0.5, 0.6) is 34.5 Å². The predicted molar refractivity (Wildman–Crippen MR) is 178 cm³/mol. The highest BCUT2D eigenvalue weighted by atomic mass is 19.1. The van der Waals surface area contributed by atoms with Crippen molar-refractivity contribution in [3.05, 3.63) is 99.6 Å². The molecule has 0 unspecified atom stereocenters. The molecule has 0 atom stereocenters. The van der Waals surface area contributed by atoms with E-state index in [2.05, 4.69) is 0 Å². The summed E-state index contributed by atoms with van der Waals surface area (Å²) in [6.45, 7) is 2.72. The van der Waals surface area contributed by atoms with Crippen LogP contribution in [-0.2, 0) is 14.3 Å². The van der Waals surface area contributed by atoms with E-state index in [-0.39, 0.29) is 68.7 Å². The fourth-order valence-corrected chi connectivity index (χ4v) is 5.96. The average molecular weight is 690 g/mol. The lowest BCUT2D eigenvalue weighted by Crippen LogP contribution is -2.41. The predicted octanol–water partition coefficient (Wildman–Crippen LogP) is 1.79. The Morgan fingerprint density at radius 3 is 2.10 bits per heavy atom. The number of primary amides is 2. The molecule has 0 saturated heterocycles. The number of anilines is 1. The van der Waals surface area contributed by atoms with Gasteiger partial charge in [-0.25, -0.2) is 13.4 Å². The first-order valence-electron chi connectivity index (χ1n) is 15.7. The Kier molecular flexibility index (Phi) is 9.72. The maximum atomic E-state index is 14.8. The molecule has 2 heterocycles. The van der Waals surface area contributed by atoms with Gasteiger partial charge in [-0.3, -0.25) is 9.59 Å². The van der Waals surface area contributed by atoms with Gasteiger partial charge in [0.15, 0.2) is 35.4 Å². The molecule has 0 saturated carbocycles. The molecular weight excluding hydrogens is 654 g/mol. The number of amides is 2. The Morgan fingerprint density at radius 1 is 0.800 bits per heavy atom. The van der Waals surface area contributed by atoms with Gasteiger partial charge in [0.1, 0.15) is 37.1 Å². The van der Waals surface area contributed by atoms with Gasteiger partial charge in [0, 0.05) is 41.4 Å². The van der Waals surface area contributed by atoms with Crippen molar-refractivity contribution in [1.29, 1.82) is 0 Å². The largest absolute Gasteiger partial charge is 0.505 e. The maximum Gasteiger partial charge on any atom is 0.282 e. The molecule has 0 bridgehead atoms. The van der Waals surface area contributed by atoms with E-state index < -0.39 is 34.9 Å². The third kappa shape index (κ3) is 7.25. The number of nitrogens with two attached hydrogens (primary N) is 2. The maximum absolute atomic E-state index is 14.8. The number of hydrogen-bond donors (Lipinski definition) is 4. The van der Waals surface area contributed by atoms with Crippen molar-refractivity contribution in [3.8, 4) is 34.5 Å². The minimum Gasteiger partial charge on any atom is -0.505 e. The number of halogens is 2. The van der Waals surface area contributed by atoms with Crippen molar-refractivity contribution in [1.82, 2.24) is 4.58 Å². The molecule has 12 nitrogen and oxygen atoms in total. The van der Waals surface area contributed by atoms with Gasteiger partial charge in [0.2, 0.25) is 17.8 Å². The molecule has 50 heavy (non-hydrogen) atoms. The molecular formula is C36H35F2N4O8+. The summed E-state index contributed by atoms with van der Waals surface area (Å²) in [7, 11) is 0. The molecule has 6 rings (SSSR count). The SMILES string of the molecule is Cc1ccc2c(c1)OCCOc1cc(=C3c4cc(F)c(O)cc4Oc4cc(O)c(F)cc43)ccc1=[N+](CC(N)=O)CCOCCN2CC(N)=O. The van der Waals surface area contributed by atoms with Gasteiger partial charge in [-0.15, -0.1) is 0 Å². The van der Waals surface area contributed by atoms with Gasteiger partial charge in [-0.05, 0) is 54.1 Å². The van der Waals surface area contributed by atoms with E-state index in [9.17, 15) is 28.6 Å². The minimum absolute atomic E-state index is 0.0250. The fourth-order valence-electron chi connectivity index (χ4n) is 5.96. The Bertz CT molecular complexity index is 2060. The van der Waals surface area contributed by atoms with E-state index in [0.717, 1.165) is 29.8 Å². The zero-order chi connectivity index (χ0) is 35.5. The molecule has 2 amide bonds. The number of nitrogens with zero attached hydrogens (tertiary/aromatic N) is 2. The summed E-state index contributed by atoms with van der Waals surface area (Å²) in [5.74, 6) is -3.32. The number of phenols is 2. The van der Waals surface area contributed by atoms with Crippen LogP contribution in [0.3, 0.4) is 0 Å². The highest BCUT2D eigenvalue weighted by Crippen LogP contribution is 2.46. The van der Waals surface area contributed by atoms with Crippen molar-refractivity contribution >= 4 is 23.1 Å². The second-order valence-electron chi connectivity index (χ2n) is 11.8. The number of carbonyl (C=O) groups is 2. The number of aromatic hydroxyl groups is 2. The monoisotopic (exact) mass is 689 g/mol. The van der Waals surface area contributed by atoms with Gasteiger partial charge < -0.3 is 45.5 Å². The summed E-state index contributed by atoms with van der Waals surface area (Å²) in [6.07, 6.45) is 0. The smallest absolute Gasteiger partial charge is 0.282 e. The van der Waals surface area contributed by atoms with Crippen LogP contribution in [0.15, 0.2) is 60.7 Å². The van der Waals surface area contributed by atoms with Crippen molar-refractivity contribution in [2.75, 3.05) is 57.5 Å². The minimum atomic E-state index is -0.923. The molecule has 0 aliphatic carbocycles. The zero-order valence-electron chi connectivity index (χ0n) is 27.1. The second kappa shape index (κ2) is 14.3. The number of hydrogen-bond acceptors (Lipinski definition) is 9. The van der Waals surface area contributed by atoms with Gasteiger partial charge >= 0.3 is 0 Å². The Labute approximate surface area is 285 Å². The van der Waals surface area contributed by atoms with E-state index in [1.165, 1.54) is 0 Å². The second-order valence-corrected chi connectivity index (χ2v) is 11.8. The lowest BCUT2D eigenvalue weighted by Gasteiger charge is -2.26. The van der Waals surface area contributed by atoms with Crippen molar-refractivity contribution < 1.29 is 47.5 Å². The molecule has 14 heteroatoms. The highest BCUT2D eigenvalue weighted by molar-refractivity contribution is 5.88. The first-order chi connectivity index (χ1) is 24.0. The molecule has 260 valence electrons. The third-order valence-electron chi connectivity index (χ3n) is 8.20. The van der Waals surface area contributed by atoms with Crippen LogP contribution in [0, 0.1) is 18.6 Å². The van der Waals surface area contributed by atoms with Crippen molar-refractivity contribution in [3.63, 3.8) is 0 Å². The molecule has 6 N–H and O–H groups in total. The van der Waals surface area contributed by atoms with Crippen molar-refractivity contribution in [2.24, 2.45) is 11.5 Å². The summed E-state index contributed by atoms with van der Waals surface area (Å²) in [5.41, 5.74) is 13.5. The van der Waals surface area contributed by atoms with E-state index >= 15 is 0 Å². The van der Waals surface area contributed by atoms with Gasteiger partial charge in [0.05, 0.1) is 18.8 Å². The lowest BCUT2D eigenvalue weighted by molar-refractivity contribution is -0.118. The zero-order valence-corrected chi connectivity index (χ0v) is 27.1. The molecule has 0 radical (unpaired) electrons. The van der Waals surface area contributed by atoms with Crippen molar-refractivity contribution in [2.45, 2.75) is 6.92 Å². The van der Waals surface area contributed by atoms with Crippen LogP contribution in [0.2, 0.25) is 0 Å². The number of rotatable bonds is 4. The van der Waals surface area contributed by atoms with Gasteiger partial charge in [-0.2, -0.15) is 0 Å². The van der Waals surface area contributed by atoms with E-state index in [1.54, 1.807) is 27.7 Å². The summed E-state index contributed by atoms with van der Waals surface area (Å²) < 4.78 is 55.4. The molecule has 0 fully saturated rings. The molecule has 0 aromatic heterocycles. The number of ether oxygens (including phenoxy) is 4. The molecule has 0 spiro atoms. The van der Waals surface area contributed by atoms with E-state index in [1.807, 2.05) is 25.1 Å². The standard InChI is InChI=1S/C36H34F2N4O8/c1-20-2-4-26-32(12-20)48-10-11-49-33-13-21(3-5-27(33)42(19-35(40)46)7-9-47-8-6-41(26)18-34(39)45)36-22-14-24(37)28(43)16-30(22)50-31-17-29(44)25(38)15-23(31)36/h2-5,12-17H,6-11,18-19H2,1H3,(H5,39,40,43,44,45,46)/p+1. The van der Waals surface area contributed by atoms with Crippen LogP contribution >= 0.6 is 0 Å². The summed E-state index contributed by atoms with van der Waals surface area (Å²) in [6, 6.07) is 15.0. The number of fused-ring (bicyclic) bond motifs is 4. The Balaban J connectivity index is 1.50. The Hall–Kier alpha value is -5.89.